The molecule has 4 heteroatoms. The van der Waals surface area contributed by atoms with Gasteiger partial charge in [-0.3, -0.25) is 4.79 Å². The Morgan fingerprint density at radius 2 is 1.67 bits per heavy atom. The van der Waals surface area contributed by atoms with Gasteiger partial charge in [0.05, 0.1) is 0 Å². The van der Waals surface area contributed by atoms with Crippen molar-refractivity contribution in [1.29, 1.82) is 0 Å². The second-order valence-corrected chi connectivity index (χ2v) is 4.54. The molecule has 0 unspecified atom stereocenters. The lowest BCUT2D eigenvalue weighted by molar-refractivity contribution is 0.0948. The highest BCUT2D eigenvalue weighted by atomic mass is 16.5. The summed E-state index contributed by atoms with van der Waals surface area (Å²) in [6, 6.07) is 16.6. The van der Waals surface area contributed by atoms with Crippen LogP contribution in [0.4, 0.5) is 0 Å². The Bertz CT molecular complexity index is 552. The predicted octanol–water partition coefficient (Wildman–Crippen LogP) is 3.25. The van der Waals surface area contributed by atoms with Crippen molar-refractivity contribution in [2.24, 2.45) is 0 Å². The molecule has 0 saturated carbocycles. The van der Waals surface area contributed by atoms with Crippen molar-refractivity contribution in [3.63, 3.8) is 0 Å². The fourth-order valence-corrected chi connectivity index (χ4v) is 1.82. The maximum absolute atomic E-state index is 11.9. The third kappa shape index (κ3) is 4.93. The molecule has 0 heterocycles. The van der Waals surface area contributed by atoms with E-state index in [4.69, 9.17) is 9.47 Å². The number of para-hydroxylation sites is 1. The van der Waals surface area contributed by atoms with Gasteiger partial charge in [0.15, 0.2) is 0 Å². The van der Waals surface area contributed by atoms with Crippen LogP contribution >= 0.6 is 0 Å². The number of carbonyl (C=O) groups is 1. The summed E-state index contributed by atoms with van der Waals surface area (Å²) >= 11 is 0. The van der Waals surface area contributed by atoms with Crippen molar-refractivity contribution in [3.8, 4) is 11.5 Å². The second kappa shape index (κ2) is 8.07. The number of carbonyl (C=O) groups excluding carboxylic acids is 1. The van der Waals surface area contributed by atoms with E-state index in [1.54, 1.807) is 31.4 Å². The minimum absolute atomic E-state index is 0.0858. The monoisotopic (exact) mass is 285 g/mol. The molecule has 110 valence electrons. The number of benzene rings is 2. The molecule has 21 heavy (non-hydrogen) atoms. The first kappa shape index (κ1) is 15.1. The fourth-order valence-electron chi connectivity index (χ4n) is 1.82. The number of hydrogen-bond donors (Lipinski definition) is 1. The summed E-state index contributed by atoms with van der Waals surface area (Å²) in [7, 11) is 1.65. The summed E-state index contributed by atoms with van der Waals surface area (Å²) in [6.45, 7) is 1.25. The average molecular weight is 285 g/mol. The molecule has 0 aliphatic rings. The molecule has 1 amide bonds. The van der Waals surface area contributed by atoms with E-state index in [0.29, 0.717) is 24.5 Å². The largest absolute Gasteiger partial charge is 0.457 e. The zero-order valence-corrected chi connectivity index (χ0v) is 12.0. The van der Waals surface area contributed by atoms with Crippen molar-refractivity contribution in [2.75, 3.05) is 20.3 Å². The van der Waals surface area contributed by atoms with E-state index in [2.05, 4.69) is 5.32 Å². The highest BCUT2D eigenvalue weighted by Crippen LogP contribution is 2.20. The third-order valence-electron chi connectivity index (χ3n) is 2.91. The van der Waals surface area contributed by atoms with Gasteiger partial charge in [-0.1, -0.05) is 18.2 Å². The van der Waals surface area contributed by atoms with E-state index in [-0.39, 0.29) is 5.91 Å². The highest BCUT2D eigenvalue weighted by Gasteiger charge is 2.05. The first-order valence-electron chi connectivity index (χ1n) is 6.89. The van der Waals surface area contributed by atoms with Gasteiger partial charge in [0, 0.05) is 25.8 Å². The fraction of sp³-hybridized carbons (Fsp3) is 0.235. The molecule has 0 aliphatic carbocycles. The molecule has 0 spiro atoms. The Balaban J connectivity index is 1.88. The van der Waals surface area contributed by atoms with Crippen LogP contribution < -0.4 is 10.1 Å². The minimum atomic E-state index is -0.0858. The van der Waals surface area contributed by atoms with Crippen LogP contribution in [0.1, 0.15) is 16.8 Å². The smallest absolute Gasteiger partial charge is 0.251 e. The van der Waals surface area contributed by atoms with E-state index in [9.17, 15) is 4.79 Å². The summed E-state index contributed by atoms with van der Waals surface area (Å²) in [6.07, 6.45) is 0.803. The van der Waals surface area contributed by atoms with E-state index >= 15 is 0 Å². The molecular weight excluding hydrogens is 266 g/mol. The van der Waals surface area contributed by atoms with Gasteiger partial charge in [-0.25, -0.2) is 0 Å². The van der Waals surface area contributed by atoms with Crippen LogP contribution in [-0.4, -0.2) is 26.2 Å². The van der Waals surface area contributed by atoms with Crippen LogP contribution in [0.5, 0.6) is 11.5 Å². The van der Waals surface area contributed by atoms with Crippen molar-refractivity contribution in [3.05, 3.63) is 60.2 Å². The molecule has 4 nitrogen and oxygen atoms in total. The van der Waals surface area contributed by atoms with Crippen molar-refractivity contribution >= 4 is 5.91 Å². The quantitative estimate of drug-likeness (QED) is 0.794. The lowest BCUT2D eigenvalue weighted by Gasteiger charge is -2.07. The number of hydrogen-bond acceptors (Lipinski definition) is 3. The molecule has 0 radical (unpaired) electrons. The number of rotatable bonds is 7. The van der Waals surface area contributed by atoms with Gasteiger partial charge in [0.2, 0.25) is 0 Å². The summed E-state index contributed by atoms with van der Waals surface area (Å²) in [5, 5.41) is 2.84. The first-order valence-corrected chi connectivity index (χ1v) is 6.89. The Hall–Kier alpha value is -2.33. The Morgan fingerprint density at radius 1 is 1.00 bits per heavy atom. The predicted molar refractivity (Wildman–Crippen MR) is 81.8 cm³/mol. The van der Waals surface area contributed by atoms with Crippen LogP contribution in [0.25, 0.3) is 0 Å². The van der Waals surface area contributed by atoms with Crippen molar-refractivity contribution < 1.29 is 14.3 Å². The van der Waals surface area contributed by atoms with Gasteiger partial charge in [-0.05, 0) is 42.8 Å². The normalized spacial score (nSPS) is 10.1. The van der Waals surface area contributed by atoms with Crippen molar-refractivity contribution in [2.45, 2.75) is 6.42 Å². The third-order valence-corrected chi connectivity index (χ3v) is 2.91. The lowest BCUT2D eigenvalue weighted by atomic mass is 10.2. The van der Waals surface area contributed by atoms with Crippen molar-refractivity contribution in [1.82, 2.24) is 5.32 Å². The SMILES string of the molecule is COCCCNC(=O)c1ccc(Oc2ccccc2)cc1. The summed E-state index contributed by atoms with van der Waals surface area (Å²) < 4.78 is 10.6. The topological polar surface area (TPSA) is 47.6 Å². The average Bonchev–Trinajstić information content (AvgIpc) is 2.53. The van der Waals surface area contributed by atoms with Crippen LogP contribution in [0.15, 0.2) is 54.6 Å². The zero-order chi connectivity index (χ0) is 14.9. The van der Waals surface area contributed by atoms with Crippen LogP contribution in [-0.2, 0) is 4.74 Å². The van der Waals surface area contributed by atoms with Crippen LogP contribution in [0.3, 0.4) is 0 Å². The Labute approximate surface area is 124 Å². The summed E-state index contributed by atoms with van der Waals surface area (Å²) in [5.41, 5.74) is 0.618. The van der Waals surface area contributed by atoms with Gasteiger partial charge in [0.1, 0.15) is 11.5 Å². The number of methoxy groups -OCH3 is 1. The van der Waals surface area contributed by atoms with Crippen LogP contribution in [0.2, 0.25) is 0 Å². The molecule has 0 fully saturated rings. The molecule has 0 aliphatic heterocycles. The summed E-state index contributed by atoms with van der Waals surface area (Å²) in [4.78, 5) is 11.9. The maximum Gasteiger partial charge on any atom is 0.251 e. The van der Waals surface area contributed by atoms with E-state index < -0.39 is 0 Å². The van der Waals surface area contributed by atoms with Gasteiger partial charge in [-0.15, -0.1) is 0 Å². The molecule has 1 N–H and O–H groups in total. The van der Waals surface area contributed by atoms with Gasteiger partial charge in [-0.2, -0.15) is 0 Å². The van der Waals surface area contributed by atoms with E-state index in [1.165, 1.54) is 0 Å². The second-order valence-electron chi connectivity index (χ2n) is 4.54. The lowest BCUT2D eigenvalue weighted by Crippen LogP contribution is -2.25. The van der Waals surface area contributed by atoms with Gasteiger partial charge in [0.25, 0.3) is 5.91 Å². The maximum atomic E-state index is 11.9. The summed E-state index contributed by atoms with van der Waals surface area (Å²) in [5.74, 6) is 1.39. The standard InChI is InChI=1S/C17H19NO3/c1-20-13-5-12-18-17(19)14-8-10-16(11-9-14)21-15-6-3-2-4-7-15/h2-4,6-11H,5,12-13H2,1H3,(H,18,19). The van der Waals surface area contributed by atoms with Gasteiger partial charge >= 0.3 is 0 Å². The number of nitrogens with one attached hydrogen (secondary N) is 1. The van der Waals surface area contributed by atoms with E-state index in [0.717, 1.165) is 12.2 Å². The molecule has 0 saturated heterocycles. The number of amides is 1. The zero-order valence-electron chi connectivity index (χ0n) is 12.0. The molecule has 0 bridgehead atoms. The first-order chi connectivity index (χ1) is 10.3. The molecule has 2 aromatic carbocycles. The molecule has 0 atom stereocenters. The highest BCUT2D eigenvalue weighted by molar-refractivity contribution is 5.94. The Morgan fingerprint density at radius 3 is 2.33 bits per heavy atom. The number of ether oxygens (including phenoxy) is 2. The molecule has 2 aromatic rings. The van der Waals surface area contributed by atoms with Gasteiger partial charge < -0.3 is 14.8 Å². The van der Waals surface area contributed by atoms with E-state index in [1.807, 2.05) is 30.3 Å². The molecule has 0 aromatic heterocycles. The Kier molecular flexibility index (Phi) is 5.79. The molecule has 2 rings (SSSR count). The van der Waals surface area contributed by atoms with Crippen LogP contribution in [0, 0.1) is 0 Å². The minimum Gasteiger partial charge on any atom is -0.457 e. The molecular formula is C17H19NO3.